The van der Waals surface area contributed by atoms with Crippen molar-refractivity contribution in [3.63, 3.8) is 0 Å². The molecule has 4 aromatic carbocycles. The second kappa shape index (κ2) is 17.9. The normalized spacial score (nSPS) is 20.2. The van der Waals surface area contributed by atoms with Gasteiger partial charge in [-0.25, -0.2) is 0 Å². The Bertz CT molecular complexity index is 1660. The predicted octanol–water partition coefficient (Wildman–Crippen LogP) is 9.62. The molecule has 0 unspecified atom stereocenters. The predicted molar refractivity (Wildman–Crippen MR) is 236 cm³/mol. The van der Waals surface area contributed by atoms with Gasteiger partial charge in [0.25, 0.3) is 16.6 Å². The standard InChI is InChI=1S/C47H66O4Si3/c1-38-34-35-40(25-23-24-36-48-53(46(3,4)5,41-26-15-11-16-27-41)42-28-17-12-18-29-42)50-52(9,10)51-45(38)39(2)37-49-54(47(6,7)8,43-30-19-13-20-31-43)44-32-21-14-22-33-44/h11-22,26-35,38-40,45H,23-25,36-37H2,1-10H3/t38-,39+,40-,45+/m1/s1. The van der Waals surface area contributed by atoms with E-state index in [4.69, 9.17) is 17.7 Å². The highest BCUT2D eigenvalue weighted by Gasteiger charge is 2.51. The van der Waals surface area contributed by atoms with Crippen LogP contribution in [-0.2, 0) is 17.7 Å². The molecule has 0 fully saturated rings. The Balaban J connectivity index is 1.26. The van der Waals surface area contributed by atoms with Crippen molar-refractivity contribution < 1.29 is 17.7 Å². The second-order valence-corrected chi connectivity index (χ2v) is 29.7. The Labute approximate surface area is 330 Å². The largest absolute Gasteiger partial charge is 0.407 e. The zero-order chi connectivity index (χ0) is 39.0. The number of benzene rings is 4. The van der Waals surface area contributed by atoms with Crippen LogP contribution in [0.15, 0.2) is 133 Å². The molecule has 1 heterocycles. The summed E-state index contributed by atoms with van der Waals surface area (Å²) in [6, 6.07) is 43.7. The quantitative estimate of drug-likeness (QED) is 0.0727. The minimum absolute atomic E-state index is 0.00179. The van der Waals surface area contributed by atoms with Gasteiger partial charge >= 0.3 is 8.56 Å². The molecule has 54 heavy (non-hydrogen) atoms. The molecule has 4 nitrogen and oxygen atoms in total. The molecule has 5 rings (SSSR count). The summed E-state index contributed by atoms with van der Waals surface area (Å²) in [5.74, 6) is 0.413. The van der Waals surface area contributed by atoms with E-state index in [1.54, 1.807) is 0 Å². The van der Waals surface area contributed by atoms with Gasteiger partial charge in [0, 0.05) is 19.1 Å². The molecular formula is C47H66O4Si3. The number of hydrogen-bond acceptors (Lipinski definition) is 4. The minimum atomic E-state index is -2.65. The fourth-order valence-electron chi connectivity index (χ4n) is 8.61. The van der Waals surface area contributed by atoms with Gasteiger partial charge in [-0.3, -0.25) is 0 Å². The maximum atomic E-state index is 7.37. The monoisotopic (exact) mass is 778 g/mol. The first-order valence-electron chi connectivity index (χ1n) is 20.1. The summed E-state index contributed by atoms with van der Waals surface area (Å²) >= 11 is 0. The van der Waals surface area contributed by atoms with E-state index in [1.165, 1.54) is 20.7 Å². The maximum Gasteiger partial charge on any atom is 0.332 e. The molecule has 4 aromatic rings. The van der Waals surface area contributed by atoms with Crippen LogP contribution >= 0.6 is 0 Å². The van der Waals surface area contributed by atoms with Gasteiger partial charge in [0.05, 0.1) is 12.2 Å². The van der Waals surface area contributed by atoms with Crippen LogP contribution in [0.25, 0.3) is 0 Å². The molecule has 0 amide bonds. The molecule has 0 spiro atoms. The Hall–Kier alpha value is -2.89. The third-order valence-electron chi connectivity index (χ3n) is 11.2. The van der Waals surface area contributed by atoms with E-state index in [2.05, 4.69) is 202 Å². The summed E-state index contributed by atoms with van der Waals surface area (Å²) in [4.78, 5) is 0. The topological polar surface area (TPSA) is 36.9 Å². The summed E-state index contributed by atoms with van der Waals surface area (Å²) in [5, 5.41) is 5.17. The van der Waals surface area contributed by atoms with E-state index in [-0.39, 0.29) is 34.1 Å². The van der Waals surface area contributed by atoms with Gasteiger partial charge in [-0.2, -0.15) is 0 Å². The molecule has 7 heteroatoms. The van der Waals surface area contributed by atoms with E-state index in [0.717, 1.165) is 25.9 Å². The second-order valence-electron chi connectivity index (χ2n) is 17.8. The highest BCUT2D eigenvalue weighted by atomic mass is 28.4. The van der Waals surface area contributed by atoms with E-state index in [1.807, 2.05) is 0 Å². The minimum Gasteiger partial charge on any atom is -0.407 e. The lowest BCUT2D eigenvalue weighted by Gasteiger charge is -2.45. The van der Waals surface area contributed by atoms with Crippen molar-refractivity contribution in [1.82, 2.24) is 0 Å². The van der Waals surface area contributed by atoms with Crippen LogP contribution < -0.4 is 20.7 Å². The SMILES string of the molecule is C[C@@H]1C=C[C@@H](CCCCO[Si](c2ccccc2)(c2ccccc2)C(C)(C)C)O[Si](C)(C)O[C@@H]1[C@@H](C)CO[Si](c1ccccc1)(c1ccccc1)C(C)(C)C. The molecule has 0 saturated heterocycles. The van der Waals surface area contributed by atoms with E-state index in [9.17, 15) is 0 Å². The van der Waals surface area contributed by atoms with Gasteiger partial charge in [0.1, 0.15) is 0 Å². The van der Waals surface area contributed by atoms with Crippen molar-refractivity contribution in [3.8, 4) is 0 Å². The zero-order valence-electron chi connectivity index (χ0n) is 34.7. The van der Waals surface area contributed by atoms with Gasteiger partial charge in [0.15, 0.2) is 0 Å². The Morgan fingerprint density at radius 1 is 0.593 bits per heavy atom. The van der Waals surface area contributed by atoms with E-state index >= 15 is 0 Å². The third kappa shape index (κ3) is 9.55. The Morgan fingerprint density at radius 2 is 1.00 bits per heavy atom. The average molecular weight is 779 g/mol. The van der Waals surface area contributed by atoms with Crippen LogP contribution in [0.5, 0.6) is 0 Å². The molecule has 0 aromatic heterocycles. The lowest BCUT2D eigenvalue weighted by atomic mass is 9.93. The Kier molecular flexibility index (Phi) is 14.0. The summed E-state index contributed by atoms with van der Waals surface area (Å²) in [6.45, 7) is 24.4. The molecular weight excluding hydrogens is 713 g/mol. The molecule has 1 aliphatic heterocycles. The first-order chi connectivity index (χ1) is 25.6. The van der Waals surface area contributed by atoms with Crippen molar-refractivity contribution in [2.45, 2.75) is 110 Å². The van der Waals surface area contributed by atoms with Crippen molar-refractivity contribution in [1.29, 1.82) is 0 Å². The Morgan fingerprint density at radius 3 is 1.41 bits per heavy atom. The van der Waals surface area contributed by atoms with Gasteiger partial charge in [-0.1, -0.05) is 189 Å². The molecule has 290 valence electrons. The van der Waals surface area contributed by atoms with Gasteiger partial charge < -0.3 is 17.7 Å². The lowest BCUT2D eigenvalue weighted by molar-refractivity contribution is 0.0249. The zero-order valence-corrected chi connectivity index (χ0v) is 37.7. The molecule has 0 bridgehead atoms. The van der Waals surface area contributed by atoms with Crippen molar-refractivity contribution >= 4 is 45.9 Å². The lowest BCUT2D eigenvalue weighted by Crippen LogP contribution is -2.67. The molecule has 0 saturated carbocycles. The number of hydrogen-bond donors (Lipinski definition) is 0. The summed E-state index contributed by atoms with van der Waals surface area (Å²) in [6.07, 6.45) is 7.64. The van der Waals surface area contributed by atoms with E-state index < -0.39 is 25.2 Å². The van der Waals surface area contributed by atoms with Crippen LogP contribution in [0, 0.1) is 11.8 Å². The highest BCUT2D eigenvalue weighted by molar-refractivity contribution is 7.00. The van der Waals surface area contributed by atoms with Crippen LogP contribution in [0.2, 0.25) is 23.2 Å². The van der Waals surface area contributed by atoms with E-state index in [0.29, 0.717) is 6.61 Å². The average Bonchev–Trinajstić information content (AvgIpc) is 3.14. The van der Waals surface area contributed by atoms with Crippen molar-refractivity contribution in [2.75, 3.05) is 13.2 Å². The highest BCUT2D eigenvalue weighted by Crippen LogP contribution is 2.39. The van der Waals surface area contributed by atoms with Crippen molar-refractivity contribution in [3.05, 3.63) is 133 Å². The molecule has 0 aliphatic carbocycles. The summed E-state index contributed by atoms with van der Waals surface area (Å²) in [5.41, 5.74) is 0. The van der Waals surface area contributed by atoms with Gasteiger partial charge in [-0.15, -0.1) is 0 Å². The van der Waals surface area contributed by atoms with Crippen LogP contribution in [-0.4, -0.2) is 50.6 Å². The fraction of sp³-hybridized carbons (Fsp3) is 0.447. The third-order valence-corrected chi connectivity index (χ3v) is 22.9. The van der Waals surface area contributed by atoms with Crippen LogP contribution in [0.3, 0.4) is 0 Å². The first kappa shape index (κ1) is 42.3. The summed E-state index contributed by atoms with van der Waals surface area (Å²) < 4.78 is 28.4. The molecule has 1 aliphatic rings. The first-order valence-corrected chi connectivity index (χ1v) is 26.8. The van der Waals surface area contributed by atoms with Crippen LogP contribution in [0.1, 0.15) is 74.7 Å². The molecule has 4 atom stereocenters. The van der Waals surface area contributed by atoms with Gasteiger partial charge in [0.2, 0.25) is 0 Å². The number of rotatable bonds is 14. The van der Waals surface area contributed by atoms with Crippen molar-refractivity contribution in [2.24, 2.45) is 11.8 Å². The maximum absolute atomic E-state index is 7.37. The van der Waals surface area contributed by atoms with Gasteiger partial charge in [-0.05, 0) is 69.1 Å². The fourth-order valence-corrected chi connectivity index (χ4v) is 20.0. The van der Waals surface area contributed by atoms with Crippen LogP contribution in [0.4, 0.5) is 0 Å². The number of unbranched alkanes of at least 4 members (excludes halogenated alkanes) is 1. The molecule has 0 radical (unpaired) electrons. The summed E-state index contributed by atoms with van der Waals surface area (Å²) in [7, 11) is -7.66. The molecule has 0 N–H and O–H groups in total. The smallest absolute Gasteiger partial charge is 0.332 e.